The molecule has 4 rings (SSSR count). The molecule has 0 spiro atoms. The maximum Gasteiger partial charge on any atom is 0.254 e. The van der Waals surface area contributed by atoms with Gasteiger partial charge in [-0.3, -0.25) is 9.78 Å². The highest BCUT2D eigenvalue weighted by Gasteiger charge is 2.28. The largest absolute Gasteiger partial charge is 0.491 e. The molecule has 0 aliphatic carbocycles. The minimum atomic E-state index is -0.164. The van der Waals surface area contributed by atoms with Gasteiger partial charge in [-0.15, -0.1) is 0 Å². The molecule has 0 saturated carbocycles. The van der Waals surface area contributed by atoms with Gasteiger partial charge in [0.1, 0.15) is 17.5 Å². The first kappa shape index (κ1) is 30.8. The van der Waals surface area contributed by atoms with Crippen molar-refractivity contribution in [1.29, 1.82) is 0 Å². The molecule has 1 amide bonds. The van der Waals surface area contributed by atoms with Crippen molar-refractivity contribution in [1.82, 2.24) is 20.2 Å². The number of nitrogens with one attached hydrogen (secondary N) is 1. The normalized spacial score (nSPS) is 15.0. The summed E-state index contributed by atoms with van der Waals surface area (Å²) in [4.78, 5) is 26.2. The van der Waals surface area contributed by atoms with Crippen molar-refractivity contribution in [3.05, 3.63) is 82.4 Å². The number of carbonyl (C=O) groups is 1. The summed E-state index contributed by atoms with van der Waals surface area (Å²) in [5.41, 5.74) is 4.97. The van der Waals surface area contributed by atoms with Crippen molar-refractivity contribution in [3.63, 3.8) is 0 Å². The molecule has 1 aliphatic rings. The molecule has 1 aliphatic heterocycles. The Hall–Kier alpha value is -3.20. The number of hydrogen-bond acceptors (Lipinski definition) is 7. The lowest BCUT2D eigenvalue weighted by Gasteiger charge is -2.42. The fraction of sp³-hybridized carbons (Fsp3) is 0.469. The lowest BCUT2D eigenvalue weighted by molar-refractivity contribution is 0.0944. The summed E-state index contributed by atoms with van der Waals surface area (Å²) >= 11 is 6.17. The number of carbonyl (C=O) groups excluding carboxylic acids is 1. The summed E-state index contributed by atoms with van der Waals surface area (Å²) in [7, 11) is 1.68. The van der Waals surface area contributed by atoms with Gasteiger partial charge in [-0.25, -0.2) is 4.98 Å². The number of piperidine rings is 1. The van der Waals surface area contributed by atoms with E-state index in [1.165, 1.54) is 16.8 Å². The van der Waals surface area contributed by atoms with Crippen molar-refractivity contribution in [2.45, 2.75) is 58.7 Å². The number of likely N-dealkylation sites (tertiary alicyclic amines) is 1. The van der Waals surface area contributed by atoms with Gasteiger partial charge in [-0.1, -0.05) is 11.6 Å². The molecule has 1 fully saturated rings. The predicted molar refractivity (Wildman–Crippen MR) is 164 cm³/mol. The molecule has 8 nitrogen and oxygen atoms in total. The lowest BCUT2D eigenvalue weighted by Crippen LogP contribution is -2.48. The Kier molecular flexibility index (Phi) is 11.4. The summed E-state index contributed by atoms with van der Waals surface area (Å²) in [6.45, 7) is 10.8. The molecule has 2 aromatic heterocycles. The van der Waals surface area contributed by atoms with Gasteiger partial charge < -0.3 is 24.6 Å². The first-order chi connectivity index (χ1) is 19.9. The molecule has 0 radical (unpaired) electrons. The maximum atomic E-state index is 12.7. The Balaban J connectivity index is 1.35. The van der Waals surface area contributed by atoms with E-state index in [4.69, 9.17) is 21.1 Å². The number of aromatic nitrogens is 2. The summed E-state index contributed by atoms with van der Waals surface area (Å²) in [6.07, 6.45) is 8.45. The van der Waals surface area contributed by atoms with E-state index in [1.54, 1.807) is 19.4 Å². The van der Waals surface area contributed by atoms with Crippen LogP contribution in [0.25, 0.3) is 0 Å². The molecule has 1 atom stereocenters. The number of hydrogen-bond donors (Lipinski definition) is 1. The number of anilines is 1. The fourth-order valence-corrected chi connectivity index (χ4v) is 5.65. The average Bonchev–Trinajstić information content (AvgIpc) is 2.97. The SMILES string of the molecule is COCCOc1ccc(N(Cc2cnccc2C)C2CCN([C@H](C)CCNC(=O)c3c(C)ccnc3Cl)CC2)cc1. The number of methoxy groups -OCH3 is 1. The first-order valence-electron chi connectivity index (χ1n) is 14.4. The minimum Gasteiger partial charge on any atom is -0.491 e. The molecule has 1 saturated heterocycles. The highest BCUT2D eigenvalue weighted by atomic mass is 35.5. The number of nitrogens with zero attached hydrogens (tertiary/aromatic N) is 4. The summed E-state index contributed by atoms with van der Waals surface area (Å²) < 4.78 is 10.9. The Morgan fingerprint density at radius 2 is 1.83 bits per heavy atom. The minimum absolute atomic E-state index is 0.164. The van der Waals surface area contributed by atoms with Gasteiger partial charge in [0.2, 0.25) is 0 Å². The first-order valence-corrected chi connectivity index (χ1v) is 14.8. The maximum absolute atomic E-state index is 12.7. The van der Waals surface area contributed by atoms with Crippen molar-refractivity contribution in [2.24, 2.45) is 0 Å². The summed E-state index contributed by atoms with van der Waals surface area (Å²) in [5.74, 6) is 0.683. The van der Waals surface area contributed by atoms with Crippen LogP contribution < -0.4 is 15.0 Å². The second-order valence-corrected chi connectivity index (χ2v) is 11.1. The number of aryl methyl sites for hydroxylation is 2. The highest BCUT2D eigenvalue weighted by Crippen LogP contribution is 2.29. The molecule has 3 aromatic rings. The van der Waals surface area contributed by atoms with E-state index in [0.29, 0.717) is 37.4 Å². The Morgan fingerprint density at radius 1 is 1.10 bits per heavy atom. The van der Waals surface area contributed by atoms with Crippen LogP contribution >= 0.6 is 11.6 Å². The van der Waals surface area contributed by atoms with Crippen LogP contribution in [0.4, 0.5) is 5.69 Å². The number of halogens is 1. The van der Waals surface area contributed by atoms with Gasteiger partial charge in [0.15, 0.2) is 0 Å². The zero-order chi connectivity index (χ0) is 29.2. The smallest absolute Gasteiger partial charge is 0.254 e. The van der Waals surface area contributed by atoms with Crippen molar-refractivity contribution in [2.75, 3.05) is 44.9 Å². The summed E-state index contributed by atoms with van der Waals surface area (Å²) in [5, 5.41) is 3.28. The molecule has 41 heavy (non-hydrogen) atoms. The number of pyridine rings is 2. The van der Waals surface area contributed by atoms with Gasteiger partial charge >= 0.3 is 0 Å². The van der Waals surface area contributed by atoms with E-state index in [-0.39, 0.29) is 11.1 Å². The molecule has 1 aromatic carbocycles. The number of amides is 1. The standard InChI is InChI=1S/C32H42ClN5O3/c1-23-9-14-34-21-26(23)22-38(27-5-7-29(8-6-27)41-20-19-40-4)28-12-17-37(18-13-28)25(3)11-16-36-32(39)30-24(2)10-15-35-31(30)33/h5-10,14-15,21,25,28H,11-13,16-20,22H2,1-4H3,(H,36,39)/t25-/m1/s1. The second kappa shape index (κ2) is 15.1. The average molecular weight is 580 g/mol. The Morgan fingerprint density at radius 3 is 2.51 bits per heavy atom. The van der Waals surface area contributed by atoms with Gasteiger partial charge in [0.05, 0.1) is 12.2 Å². The van der Waals surface area contributed by atoms with Crippen molar-refractivity contribution >= 4 is 23.2 Å². The Labute approximate surface area is 249 Å². The van der Waals surface area contributed by atoms with Crippen LogP contribution in [-0.2, 0) is 11.3 Å². The van der Waals surface area contributed by atoms with Gasteiger partial charge in [-0.2, -0.15) is 0 Å². The van der Waals surface area contributed by atoms with Crippen LogP contribution in [0.15, 0.2) is 55.0 Å². The fourth-order valence-electron chi connectivity index (χ4n) is 5.36. The molecular formula is C32H42ClN5O3. The zero-order valence-electron chi connectivity index (χ0n) is 24.6. The molecular weight excluding hydrogens is 538 g/mol. The van der Waals surface area contributed by atoms with Gasteiger partial charge in [-0.05, 0) is 93.1 Å². The molecule has 1 N–H and O–H groups in total. The molecule has 3 heterocycles. The number of ether oxygens (including phenoxy) is 2. The second-order valence-electron chi connectivity index (χ2n) is 10.7. The topological polar surface area (TPSA) is 79.8 Å². The Bertz CT molecular complexity index is 1240. The van der Waals surface area contributed by atoms with Crippen molar-refractivity contribution in [3.8, 4) is 5.75 Å². The van der Waals surface area contributed by atoms with Crippen LogP contribution in [0.2, 0.25) is 5.15 Å². The predicted octanol–water partition coefficient (Wildman–Crippen LogP) is 5.45. The molecule has 9 heteroatoms. The quantitative estimate of drug-likeness (QED) is 0.213. The molecule has 220 valence electrons. The van der Waals surface area contributed by atoms with Gasteiger partial charge in [0.25, 0.3) is 5.91 Å². The van der Waals surface area contributed by atoms with E-state index in [0.717, 1.165) is 50.2 Å². The van der Waals surface area contributed by atoms with E-state index in [2.05, 4.69) is 57.1 Å². The third kappa shape index (κ3) is 8.41. The van der Waals surface area contributed by atoms with E-state index in [1.807, 2.05) is 31.5 Å². The van der Waals surface area contributed by atoms with Gasteiger partial charge in [0, 0.05) is 69.7 Å². The molecule has 0 unspecified atom stereocenters. The lowest BCUT2D eigenvalue weighted by atomic mass is 9.99. The van der Waals surface area contributed by atoms with Crippen LogP contribution in [0.5, 0.6) is 5.75 Å². The van der Waals surface area contributed by atoms with Crippen LogP contribution in [0, 0.1) is 13.8 Å². The number of benzene rings is 1. The third-order valence-electron chi connectivity index (χ3n) is 7.96. The van der Waals surface area contributed by atoms with Crippen LogP contribution in [0.3, 0.4) is 0 Å². The number of rotatable bonds is 13. The highest BCUT2D eigenvalue weighted by molar-refractivity contribution is 6.32. The van der Waals surface area contributed by atoms with E-state index >= 15 is 0 Å². The van der Waals surface area contributed by atoms with E-state index in [9.17, 15) is 4.79 Å². The summed E-state index contributed by atoms with van der Waals surface area (Å²) in [6, 6.07) is 13.0. The van der Waals surface area contributed by atoms with Crippen LogP contribution in [-0.4, -0.2) is 72.8 Å². The van der Waals surface area contributed by atoms with E-state index < -0.39 is 0 Å². The monoisotopic (exact) mass is 579 g/mol. The zero-order valence-corrected chi connectivity index (χ0v) is 25.4. The third-order valence-corrected chi connectivity index (χ3v) is 8.25. The van der Waals surface area contributed by atoms with Crippen molar-refractivity contribution < 1.29 is 14.3 Å². The van der Waals surface area contributed by atoms with Crippen LogP contribution in [0.1, 0.15) is 53.2 Å². The molecule has 0 bridgehead atoms.